The summed E-state index contributed by atoms with van der Waals surface area (Å²) in [6.45, 7) is 6.91. The van der Waals surface area contributed by atoms with Gasteiger partial charge in [0.2, 0.25) is 5.75 Å². The molecule has 1 aliphatic rings. The zero-order chi connectivity index (χ0) is 40.0. The number of allylic oxidation sites excluding steroid dienone is 1. The number of carbonyl (C=O) groups is 2. The SMILES string of the molecule is CCOC(=O)C1=C(C)N=c2s/c(=C/c3cc(Br)c(Oc4ccc([N+](=O)[O-])cc4[N+](=O)[O-])c(OCC)c3)c(=O)n2[C@H]1c1ccc(OCC(=O)OC)c(OCC)c1. The summed E-state index contributed by atoms with van der Waals surface area (Å²) in [5.41, 5.74) is -0.182. The van der Waals surface area contributed by atoms with Crippen molar-refractivity contribution in [2.45, 2.75) is 33.7 Å². The summed E-state index contributed by atoms with van der Waals surface area (Å²) >= 11 is 4.52. The minimum atomic E-state index is -0.995. The Morgan fingerprint density at radius 3 is 2.29 bits per heavy atom. The van der Waals surface area contributed by atoms with Gasteiger partial charge in [-0.25, -0.2) is 14.6 Å². The zero-order valence-electron chi connectivity index (χ0n) is 30.0. The maximum absolute atomic E-state index is 14.3. The van der Waals surface area contributed by atoms with E-state index in [9.17, 15) is 34.6 Å². The molecule has 1 aromatic heterocycles. The zero-order valence-corrected chi connectivity index (χ0v) is 32.4. The van der Waals surface area contributed by atoms with Crippen LogP contribution in [0.4, 0.5) is 11.4 Å². The second kappa shape index (κ2) is 17.4. The molecule has 0 fully saturated rings. The Morgan fingerprint density at radius 1 is 0.927 bits per heavy atom. The van der Waals surface area contributed by atoms with Crippen LogP contribution in [-0.2, 0) is 19.1 Å². The molecule has 1 aliphatic heterocycles. The fourth-order valence-corrected chi connectivity index (χ4v) is 7.11. The van der Waals surface area contributed by atoms with Gasteiger partial charge in [-0.05, 0) is 91.2 Å². The van der Waals surface area contributed by atoms with Crippen molar-refractivity contribution in [2.24, 2.45) is 4.99 Å². The summed E-state index contributed by atoms with van der Waals surface area (Å²) in [5.74, 6) is -0.816. The number of fused-ring (bicyclic) bond motifs is 1. The first-order valence-electron chi connectivity index (χ1n) is 16.5. The van der Waals surface area contributed by atoms with Gasteiger partial charge in [0.25, 0.3) is 11.2 Å². The first kappa shape index (κ1) is 40.1. The van der Waals surface area contributed by atoms with Gasteiger partial charge in [-0.1, -0.05) is 17.4 Å². The van der Waals surface area contributed by atoms with Gasteiger partial charge in [-0.15, -0.1) is 0 Å². The van der Waals surface area contributed by atoms with Gasteiger partial charge in [0.05, 0.1) is 69.2 Å². The number of halogens is 1. The molecular formula is C36H33BrN4O13S. The number of rotatable bonds is 15. The third kappa shape index (κ3) is 8.68. The molecular weight excluding hydrogens is 808 g/mol. The number of hydrogen-bond acceptors (Lipinski definition) is 15. The van der Waals surface area contributed by atoms with Crippen LogP contribution in [-0.4, -0.2) is 59.9 Å². The smallest absolute Gasteiger partial charge is 0.343 e. The highest BCUT2D eigenvalue weighted by Crippen LogP contribution is 2.43. The van der Waals surface area contributed by atoms with Crippen molar-refractivity contribution >= 4 is 56.7 Å². The highest BCUT2D eigenvalue weighted by atomic mass is 79.9. The number of non-ortho nitro benzene ring substituents is 1. The third-order valence-electron chi connectivity index (χ3n) is 7.87. The monoisotopic (exact) mass is 840 g/mol. The van der Waals surface area contributed by atoms with E-state index in [1.807, 2.05) is 0 Å². The fourth-order valence-electron chi connectivity index (χ4n) is 5.53. The lowest BCUT2D eigenvalue weighted by Gasteiger charge is -2.25. The molecule has 19 heteroatoms. The molecule has 0 spiro atoms. The molecule has 2 heterocycles. The first-order chi connectivity index (χ1) is 26.3. The van der Waals surface area contributed by atoms with Gasteiger partial charge in [0, 0.05) is 6.07 Å². The molecule has 0 unspecified atom stereocenters. The largest absolute Gasteiger partial charge is 0.490 e. The summed E-state index contributed by atoms with van der Waals surface area (Å²) in [6.07, 6.45) is 1.59. The second-order valence-corrected chi connectivity index (χ2v) is 13.2. The number of benzene rings is 3. The van der Waals surface area contributed by atoms with Crippen molar-refractivity contribution < 1.29 is 47.9 Å². The number of aromatic nitrogens is 1. The number of nitro groups is 2. The second-order valence-electron chi connectivity index (χ2n) is 11.3. The van der Waals surface area contributed by atoms with Crippen molar-refractivity contribution in [1.82, 2.24) is 4.57 Å². The number of thiazole rings is 1. The van der Waals surface area contributed by atoms with E-state index < -0.39 is 44.8 Å². The lowest BCUT2D eigenvalue weighted by molar-refractivity contribution is -0.394. The maximum atomic E-state index is 14.3. The van der Waals surface area contributed by atoms with Crippen LogP contribution < -0.4 is 33.8 Å². The Hall–Kier alpha value is -6.08. The lowest BCUT2D eigenvalue weighted by Crippen LogP contribution is -2.40. The van der Waals surface area contributed by atoms with Crippen LogP contribution in [0.15, 0.2) is 74.1 Å². The van der Waals surface area contributed by atoms with Crippen molar-refractivity contribution in [1.29, 1.82) is 0 Å². The molecule has 0 radical (unpaired) electrons. The van der Waals surface area contributed by atoms with Crippen LogP contribution in [0, 0.1) is 20.2 Å². The molecule has 0 aliphatic carbocycles. The van der Waals surface area contributed by atoms with Gasteiger partial charge in [-0.2, -0.15) is 0 Å². The predicted molar refractivity (Wildman–Crippen MR) is 201 cm³/mol. The summed E-state index contributed by atoms with van der Waals surface area (Å²) in [4.78, 5) is 65.9. The molecule has 1 atom stereocenters. The van der Waals surface area contributed by atoms with E-state index >= 15 is 0 Å². The predicted octanol–water partition coefficient (Wildman–Crippen LogP) is 5.52. The van der Waals surface area contributed by atoms with Crippen LogP contribution >= 0.6 is 27.3 Å². The summed E-state index contributed by atoms with van der Waals surface area (Å²) in [5, 5.41) is 23.0. The number of carbonyl (C=O) groups excluding carboxylic acids is 2. The van der Waals surface area contributed by atoms with Crippen molar-refractivity contribution in [3.63, 3.8) is 0 Å². The molecule has 55 heavy (non-hydrogen) atoms. The molecule has 3 aromatic carbocycles. The minimum Gasteiger partial charge on any atom is -0.490 e. The molecule has 5 rings (SSSR count). The number of nitro benzene ring substituents is 2. The normalized spacial score (nSPS) is 13.7. The van der Waals surface area contributed by atoms with Crippen LogP contribution in [0.25, 0.3) is 6.08 Å². The number of methoxy groups -OCH3 is 1. The summed E-state index contributed by atoms with van der Waals surface area (Å²) in [7, 11) is 1.24. The topological polar surface area (TPSA) is 210 Å². The first-order valence-corrected chi connectivity index (χ1v) is 18.2. The van der Waals surface area contributed by atoms with E-state index in [-0.39, 0.29) is 65.3 Å². The van der Waals surface area contributed by atoms with Gasteiger partial charge in [0.1, 0.15) is 0 Å². The Balaban J connectivity index is 1.63. The molecule has 0 saturated carbocycles. The number of esters is 2. The Bertz CT molecular complexity index is 2410. The van der Waals surface area contributed by atoms with Gasteiger partial charge in [0.15, 0.2) is 34.4 Å². The third-order valence-corrected chi connectivity index (χ3v) is 9.44. The lowest BCUT2D eigenvalue weighted by atomic mass is 9.95. The van der Waals surface area contributed by atoms with E-state index in [2.05, 4.69) is 25.7 Å². The van der Waals surface area contributed by atoms with E-state index in [4.69, 9.17) is 23.7 Å². The van der Waals surface area contributed by atoms with Crippen molar-refractivity contribution in [3.05, 3.63) is 115 Å². The van der Waals surface area contributed by atoms with E-state index in [1.165, 1.54) is 11.7 Å². The van der Waals surface area contributed by atoms with Crippen molar-refractivity contribution in [2.75, 3.05) is 33.5 Å². The quantitative estimate of drug-likeness (QED) is 0.0821. The molecule has 0 N–H and O–H groups in total. The highest BCUT2D eigenvalue weighted by molar-refractivity contribution is 9.10. The van der Waals surface area contributed by atoms with E-state index in [0.717, 1.165) is 29.5 Å². The van der Waals surface area contributed by atoms with Crippen molar-refractivity contribution in [3.8, 4) is 28.7 Å². The standard InChI is InChI=1S/C36H33BrN4O13S/c1-6-50-27-16-21(9-11-26(27)53-18-30(42)49-5)32-31(35(44)52-8-3)19(4)38-36-39(32)34(43)29(55-36)15-20-13-23(37)33(28(14-20)51-7-2)54-25-12-10-22(40(45)46)17-24(25)41(47)48/h9-17,32H,6-8,18H2,1-5H3/b29-15+/t32-/m0/s1. The van der Waals surface area contributed by atoms with Crippen LogP contribution in [0.3, 0.4) is 0 Å². The fraction of sp³-hybridized carbons (Fsp3) is 0.278. The average Bonchev–Trinajstić information content (AvgIpc) is 3.45. The molecule has 4 aromatic rings. The molecule has 0 bridgehead atoms. The maximum Gasteiger partial charge on any atom is 0.343 e. The Labute approximate surface area is 324 Å². The molecule has 0 saturated heterocycles. The molecule has 0 amide bonds. The number of nitrogens with zero attached hydrogens (tertiary/aromatic N) is 4. The minimum absolute atomic E-state index is 0.0521. The van der Waals surface area contributed by atoms with Crippen LogP contribution in [0.5, 0.6) is 28.7 Å². The van der Waals surface area contributed by atoms with Gasteiger partial charge in [-0.3, -0.25) is 29.6 Å². The number of ether oxygens (including phenoxy) is 6. The van der Waals surface area contributed by atoms with Crippen LogP contribution in [0.2, 0.25) is 0 Å². The average molecular weight is 842 g/mol. The molecule has 17 nitrogen and oxygen atoms in total. The van der Waals surface area contributed by atoms with E-state index in [1.54, 1.807) is 64.1 Å². The van der Waals surface area contributed by atoms with Gasteiger partial charge >= 0.3 is 17.6 Å². The number of hydrogen-bond donors (Lipinski definition) is 0. The Kier molecular flexibility index (Phi) is 12.7. The molecule has 288 valence electrons. The van der Waals surface area contributed by atoms with Crippen LogP contribution in [0.1, 0.15) is 44.9 Å². The summed E-state index contributed by atoms with van der Waals surface area (Å²) in [6, 6.07) is 10.0. The Morgan fingerprint density at radius 2 is 1.64 bits per heavy atom. The highest BCUT2D eigenvalue weighted by Gasteiger charge is 2.34. The van der Waals surface area contributed by atoms with E-state index in [0.29, 0.717) is 26.1 Å². The summed E-state index contributed by atoms with van der Waals surface area (Å²) < 4.78 is 35.1. The van der Waals surface area contributed by atoms with Gasteiger partial charge < -0.3 is 28.4 Å².